The van der Waals surface area contributed by atoms with Gasteiger partial charge in [-0.05, 0) is 22.9 Å². The largest absolute Gasteiger partial charge is 0.227 e. The van der Waals surface area contributed by atoms with Crippen LogP contribution in [-0.4, -0.2) is 4.98 Å². The highest BCUT2D eigenvalue weighted by Crippen LogP contribution is 2.20. The lowest BCUT2D eigenvalue weighted by Crippen LogP contribution is -1.71. The standard InChI is InChI=1S/C4H3BrFNS/c1-2-3(6)7-4(5)8-2/h1H3. The lowest BCUT2D eigenvalue weighted by molar-refractivity contribution is 0.583. The number of aryl methyl sites for hydroxylation is 1. The highest BCUT2D eigenvalue weighted by atomic mass is 79.9. The Kier molecular flexibility index (Phi) is 1.62. The molecular formula is C4H3BrFNS. The maximum Gasteiger partial charge on any atom is 0.227 e. The van der Waals surface area contributed by atoms with E-state index < -0.39 is 0 Å². The summed E-state index contributed by atoms with van der Waals surface area (Å²) in [5, 5.41) is 0. The van der Waals surface area contributed by atoms with Gasteiger partial charge in [-0.2, -0.15) is 4.39 Å². The van der Waals surface area contributed by atoms with E-state index in [1.54, 1.807) is 6.92 Å². The molecule has 1 rings (SSSR count). The lowest BCUT2D eigenvalue weighted by atomic mass is 10.6. The third-order valence-corrected chi connectivity index (χ3v) is 2.11. The van der Waals surface area contributed by atoms with Crippen LogP contribution in [0.3, 0.4) is 0 Å². The Labute approximate surface area is 58.7 Å². The van der Waals surface area contributed by atoms with E-state index >= 15 is 0 Å². The molecule has 1 nitrogen and oxygen atoms in total. The van der Waals surface area contributed by atoms with Crippen molar-refractivity contribution in [3.63, 3.8) is 0 Å². The van der Waals surface area contributed by atoms with Crippen molar-refractivity contribution in [1.29, 1.82) is 0 Å². The summed E-state index contributed by atoms with van der Waals surface area (Å²) in [5.41, 5.74) is 0. The molecule has 1 heterocycles. The summed E-state index contributed by atoms with van der Waals surface area (Å²) in [7, 11) is 0. The molecule has 0 unspecified atom stereocenters. The van der Waals surface area contributed by atoms with Crippen molar-refractivity contribution < 1.29 is 4.39 Å². The summed E-state index contributed by atoms with van der Waals surface area (Å²) in [6.45, 7) is 1.69. The van der Waals surface area contributed by atoms with Crippen LogP contribution in [0.4, 0.5) is 4.39 Å². The number of halogens is 2. The van der Waals surface area contributed by atoms with Crippen molar-refractivity contribution in [3.8, 4) is 0 Å². The number of hydrogen-bond donors (Lipinski definition) is 0. The molecule has 0 N–H and O–H groups in total. The molecule has 0 bridgehead atoms. The van der Waals surface area contributed by atoms with E-state index in [0.717, 1.165) is 0 Å². The molecule has 0 amide bonds. The van der Waals surface area contributed by atoms with Gasteiger partial charge >= 0.3 is 0 Å². The number of aromatic nitrogens is 1. The number of thiazole rings is 1. The Hall–Kier alpha value is 0.0400. The smallest absolute Gasteiger partial charge is 0.201 e. The van der Waals surface area contributed by atoms with E-state index in [1.165, 1.54) is 11.3 Å². The zero-order valence-corrected chi connectivity index (χ0v) is 6.51. The minimum Gasteiger partial charge on any atom is -0.201 e. The Morgan fingerprint density at radius 1 is 1.75 bits per heavy atom. The van der Waals surface area contributed by atoms with Crippen molar-refractivity contribution in [3.05, 3.63) is 14.7 Å². The Balaban J connectivity index is 3.14. The molecule has 1 aromatic heterocycles. The quantitative estimate of drug-likeness (QED) is 0.620. The zero-order chi connectivity index (χ0) is 6.15. The van der Waals surface area contributed by atoms with Crippen LogP contribution < -0.4 is 0 Å². The van der Waals surface area contributed by atoms with Gasteiger partial charge in [-0.25, -0.2) is 4.98 Å². The molecule has 0 atom stereocenters. The summed E-state index contributed by atoms with van der Waals surface area (Å²) >= 11 is 4.35. The maximum absolute atomic E-state index is 12.2. The number of rotatable bonds is 0. The summed E-state index contributed by atoms with van der Waals surface area (Å²) in [4.78, 5) is 4.10. The van der Waals surface area contributed by atoms with Gasteiger partial charge in [0.25, 0.3) is 0 Å². The highest BCUT2D eigenvalue weighted by Gasteiger charge is 2.01. The van der Waals surface area contributed by atoms with E-state index in [4.69, 9.17) is 0 Å². The Morgan fingerprint density at radius 3 is 2.50 bits per heavy atom. The third kappa shape index (κ3) is 1.06. The number of hydrogen-bond acceptors (Lipinski definition) is 2. The molecule has 1 aromatic rings. The van der Waals surface area contributed by atoms with Gasteiger partial charge in [0, 0.05) is 0 Å². The molecule has 44 valence electrons. The van der Waals surface area contributed by atoms with Gasteiger partial charge < -0.3 is 0 Å². The van der Waals surface area contributed by atoms with Crippen LogP contribution in [-0.2, 0) is 0 Å². The molecule has 0 fully saturated rings. The van der Waals surface area contributed by atoms with E-state index in [2.05, 4.69) is 20.9 Å². The second kappa shape index (κ2) is 2.11. The van der Waals surface area contributed by atoms with E-state index in [0.29, 0.717) is 8.79 Å². The Bertz CT molecular complexity index is 178. The van der Waals surface area contributed by atoms with Gasteiger partial charge in [0.05, 0.1) is 4.88 Å². The van der Waals surface area contributed by atoms with E-state index in [1.807, 2.05) is 0 Å². The van der Waals surface area contributed by atoms with Crippen molar-refractivity contribution in [2.24, 2.45) is 0 Å². The van der Waals surface area contributed by atoms with Crippen LogP contribution >= 0.6 is 27.3 Å². The maximum atomic E-state index is 12.2. The summed E-state index contributed by atoms with van der Waals surface area (Å²) in [6.07, 6.45) is 0. The van der Waals surface area contributed by atoms with Gasteiger partial charge in [-0.1, -0.05) is 0 Å². The molecular weight excluding hydrogens is 193 g/mol. The molecule has 0 radical (unpaired) electrons. The van der Waals surface area contributed by atoms with E-state index in [9.17, 15) is 4.39 Å². The molecule has 0 saturated carbocycles. The van der Waals surface area contributed by atoms with Crippen LogP contribution in [0.25, 0.3) is 0 Å². The van der Waals surface area contributed by atoms with Crippen LogP contribution in [0, 0.1) is 12.9 Å². The summed E-state index contributed by atoms with van der Waals surface area (Å²) in [6, 6.07) is 0. The predicted molar refractivity (Wildman–Crippen MR) is 34.5 cm³/mol. The number of nitrogens with zero attached hydrogens (tertiary/aromatic N) is 1. The first kappa shape index (κ1) is 6.16. The minimum absolute atomic E-state index is 0.373. The highest BCUT2D eigenvalue weighted by molar-refractivity contribution is 9.11. The molecule has 4 heteroatoms. The molecule has 0 aliphatic carbocycles. The minimum atomic E-state index is -0.373. The predicted octanol–water partition coefficient (Wildman–Crippen LogP) is 2.35. The molecule has 0 aromatic carbocycles. The first-order valence-corrected chi connectivity index (χ1v) is 3.59. The topological polar surface area (TPSA) is 12.9 Å². The first-order chi connectivity index (χ1) is 3.70. The summed E-state index contributed by atoms with van der Waals surface area (Å²) < 4.78 is 12.8. The molecule has 0 spiro atoms. The summed E-state index contributed by atoms with van der Waals surface area (Å²) in [5.74, 6) is -0.373. The molecule has 0 aliphatic heterocycles. The third-order valence-electron chi connectivity index (χ3n) is 0.714. The van der Waals surface area contributed by atoms with Crippen LogP contribution in [0.1, 0.15) is 4.88 Å². The Morgan fingerprint density at radius 2 is 2.38 bits per heavy atom. The molecule has 0 aliphatic rings. The van der Waals surface area contributed by atoms with Crippen molar-refractivity contribution in [2.45, 2.75) is 6.92 Å². The van der Waals surface area contributed by atoms with Gasteiger partial charge in [-0.15, -0.1) is 11.3 Å². The van der Waals surface area contributed by atoms with Crippen molar-refractivity contribution in [1.82, 2.24) is 4.98 Å². The lowest BCUT2D eigenvalue weighted by Gasteiger charge is -1.72. The second-order valence-electron chi connectivity index (χ2n) is 1.31. The van der Waals surface area contributed by atoms with Crippen LogP contribution in [0.2, 0.25) is 0 Å². The molecule has 8 heavy (non-hydrogen) atoms. The van der Waals surface area contributed by atoms with E-state index in [-0.39, 0.29) is 5.95 Å². The van der Waals surface area contributed by atoms with Gasteiger partial charge in [0.2, 0.25) is 5.95 Å². The van der Waals surface area contributed by atoms with Crippen LogP contribution in [0.5, 0.6) is 0 Å². The average Bonchev–Trinajstić information content (AvgIpc) is 1.85. The van der Waals surface area contributed by atoms with Gasteiger partial charge in [0.1, 0.15) is 0 Å². The monoisotopic (exact) mass is 195 g/mol. The SMILES string of the molecule is Cc1sc(Br)nc1F. The zero-order valence-electron chi connectivity index (χ0n) is 4.11. The van der Waals surface area contributed by atoms with Crippen molar-refractivity contribution in [2.75, 3.05) is 0 Å². The van der Waals surface area contributed by atoms with Crippen LogP contribution in [0.15, 0.2) is 3.92 Å². The second-order valence-corrected chi connectivity index (χ2v) is 3.79. The van der Waals surface area contributed by atoms with Crippen molar-refractivity contribution >= 4 is 27.3 Å². The molecule has 0 saturated heterocycles. The average molecular weight is 196 g/mol. The fourth-order valence-corrected chi connectivity index (χ4v) is 1.74. The fourth-order valence-electron chi connectivity index (χ4n) is 0.347. The normalized spacial score (nSPS) is 9.88. The van der Waals surface area contributed by atoms with Gasteiger partial charge in [-0.3, -0.25) is 0 Å². The fraction of sp³-hybridized carbons (Fsp3) is 0.250. The first-order valence-electron chi connectivity index (χ1n) is 1.98. The van der Waals surface area contributed by atoms with Gasteiger partial charge in [0.15, 0.2) is 3.92 Å².